The molecule has 2 atom stereocenters. The van der Waals surface area contributed by atoms with Crippen molar-refractivity contribution in [2.24, 2.45) is 16.8 Å². The number of likely N-dealkylation sites (tertiary alicyclic amines) is 2. The largest absolute Gasteiger partial charge is 0.378 e. The monoisotopic (exact) mass is 447 g/mol. The molecule has 0 bridgehead atoms. The number of guanidine groups is 1. The summed E-state index contributed by atoms with van der Waals surface area (Å²) in [6.07, 6.45) is 4.30. The van der Waals surface area contributed by atoms with E-state index in [4.69, 9.17) is 4.74 Å². The van der Waals surface area contributed by atoms with Crippen LogP contribution >= 0.6 is 11.3 Å². The molecule has 3 aliphatic rings. The van der Waals surface area contributed by atoms with Crippen LogP contribution in [0.1, 0.15) is 36.6 Å². The second-order valence-electron chi connectivity index (χ2n) is 8.97. The molecular weight excluding hydrogens is 410 g/mol. The third-order valence-corrected chi connectivity index (χ3v) is 7.99. The second-order valence-corrected chi connectivity index (χ2v) is 9.95. The van der Waals surface area contributed by atoms with Gasteiger partial charge in [-0.25, -0.2) is 0 Å². The minimum Gasteiger partial charge on any atom is -0.378 e. The van der Waals surface area contributed by atoms with E-state index in [1.165, 1.54) is 24.3 Å². The molecule has 0 spiro atoms. The van der Waals surface area contributed by atoms with Gasteiger partial charge in [-0.15, -0.1) is 11.3 Å². The van der Waals surface area contributed by atoms with E-state index in [9.17, 15) is 4.79 Å². The van der Waals surface area contributed by atoms with E-state index in [-0.39, 0.29) is 5.92 Å². The number of thiophene rings is 1. The van der Waals surface area contributed by atoms with Gasteiger partial charge >= 0.3 is 0 Å². The Morgan fingerprint density at radius 3 is 2.61 bits per heavy atom. The van der Waals surface area contributed by atoms with Crippen molar-refractivity contribution >= 4 is 23.2 Å². The summed E-state index contributed by atoms with van der Waals surface area (Å²) in [5.41, 5.74) is 0. The quantitative estimate of drug-likeness (QED) is 0.567. The number of nitrogens with one attached hydrogen (secondary N) is 1. The molecule has 7 nitrogen and oxygen atoms in total. The molecule has 1 N–H and O–H groups in total. The topological polar surface area (TPSA) is 60.4 Å². The highest BCUT2D eigenvalue weighted by Crippen LogP contribution is 2.36. The molecule has 2 unspecified atom stereocenters. The van der Waals surface area contributed by atoms with Crippen LogP contribution in [0.4, 0.5) is 0 Å². The van der Waals surface area contributed by atoms with E-state index in [2.05, 4.69) is 44.7 Å². The number of rotatable bonds is 4. The molecule has 0 aromatic carbocycles. The zero-order valence-electron chi connectivity index (χ0n) is 19.0. The van der Waals surface area contributed by atoms with E-state index >= 15 is 0 Å². The smallest absolute Gasteiger partial charge is 0.225 e. The SMILES string of the molecule is CN=C(NCC1CCCN(C)C1c1cccs1)N1CCC(C(=O)N2CCOCC2)CC1. The Labute approximate surface area is 190 Å². The zero-order valence-corrected chi connectivity index (χ0v) is 19.8. The lowest BCUT2D eigenvalue weighted by molar-refractivity contribution is -0.140. The Balaban J connectivity index is 1.29. The number of morpholine rings is 1. The van der Waals surface area contributed by atoms with Crippen LogP contribution in [0.3, 0.4) is 0 Å². The van der Waals surface area contributed by atoms with Crippen LogP contribution in [0.2, 0.25) is 0 Å². The van der Waals surface area contributed by atoms with Crippen LogP contribution < -0.4 is 5.32 Å². The average molecular weight is 448 g/mol. The van der Waals surface area contributed by atoms with Gasteiger partial charge in [0.1, 0.15) is 0 Å². The van der Waals surface area contributed by atoms with Gasteiger partial charge < -0.3 is 19.9 Å². The minimum absolute atomic E-state index is 0.141. The van der Waals surface area contributed by atoms with Crippen LogP contribution in [0, 0.1) is 11.8 Å². The maximum absolute atomic E-state index is 12.8. The Hall–Kier alpha value is -1.64. The standard InChI is InChI=1S/C23H37N5O2S/c1-24-23(25-17-19-5-3-9-26(2)21(19)20-6-4-16-31-20)28-10-7-18(8-11-28)22(29)27-12-14-30-15-13-27/h4,6,16,18-19,21H,3,5,7-15,17H2,1-2H3,(H,24,25). The van der Waals surface area contributed by atoms with Gasteiger partial charge in [-0.1, -0.05) is 6.07 Å². The summed E-state index contributed by atoms with van der Waals surface area (Å²) < 4.78 is 5.39. The van der Waals surface area contributed by atoms with Crippen molar-refractivity contribution in [3.05, 3.63) is 22.4 Å². The lowest BCUT2D eigenvalue weighted by atomic mass is 9.88. The Kier molecular flexibility index (Phi) is 7.85. The van der Waals surface area contributed by atoms with E-state index < -0.39 is 0 Å². The lowest BCUT2D eigenvalue weighted by Crippen LogP contribution is -2.51. The first-order chi connectivity index (χ1) is 15.2. The number of carbonyl (C=O) groups is 1. The molecule has 0 saturated carbocycles. The van der Waals surface area contributed by atoms with Gasteiger partial charge in [0, 0.05) is 56.6 Å². The van der Waals surface area contributed by atoms with Gasteiger partial charge in [-0.05, 0) is 56.6 Å². The maximum Gasteiger partial charge on any atom is 0.225 e. The molecular formula is C23H37N5O2S. The first-order valence-electron chi connectivity index (χ1n) is 11.7. The van der Waals surface area contributed by atoms with E-state index in [1.807, 2.05) is 23.3 Å². The van der Waals surface area contributed by atoms with Crippen LogP contribution in [0.15, 0.2) is 22.5 Å². The van der Waals surface area contributed by atoms with Gasteiger partial charge in [-0.3, -0.25) is 14.7 Å². The number of hydrogen-bond acceptors (Lipinski definition) is 5. The van der Waals surface area contributed by atoms with Crippen LogP contribution in [0.25, 0.3) is 0 Å². The summed E-state index contributed by atoms with van der Waals surface area (Å²) in [4.78, 5) is 25.7. The molecule has 1 amide bonds. The van der Waals surface area contributed by atoms with Crippen molar-refractivity contribution in [3.63, 3.8) is 0 Å². The number of aliphatic imine (C=N–C) groups is 1. The molecule has 1 aromatic heterocycles. The van der Waals surface area contributed by atoms with Crippen molar-refractivity contribution in [2.75, 3.05) is 66.6 Å². The molecule has 3 aliphatic heterocycles. The molecule has 172 valence electrons. The number of hydrogen-bond donors (Lipinski definition) is 1. The van der Waals surface area contributed by atoms with Gasteiger partial charge in [-0.2, -0.15) is 0 Å². The van der Waals surface area contributed by atoms with Crippen molar-refractivity contribution in [1.82, 2.24) is 20.0 Å². The van der Waals surface area contributed by atoms with E-state index in [1.54, 1.807) is 0 Å². The molecule has 1 aromatic rings. The maximum atomic E-state index is 12.8. The minimum atomic E-state index is 0.141. The summed E-state index contributed by atoms with van der Waals surface area (Å²) in [7, 11) is 4.12. The van der Waals surface area contributed by atoms with Gasteiger partial charge in [0.05, 0.1) is 13.2 Å². The fourth-order valence-electron chi connectivity index (χ4n) is 5.32. The van der Waals surface area contributed by atoms with Gasteiger partial charge in [0.2, 0.25) is 5.91 Å². The number of nitrogens with zero attached hydrogens (tertiary/aromatic N) is 4. The molecule has 3 fully saturated rings. The molecule has 0 aliphatic carbocycles. The predicted molar refractivity (Wildman–Crippen MR) is 125 cm³/mol. The van der Waals surface area contributed by atoms with E-state index in [0.717, 1.165) is 51.5 Å². The summed E-state index contributed by atoms with van der Waals surface area (Å²) in [6.45, 7) is 6.70. The van der Waals surface area contributed by atoms with Crippen molar-refractivity contribution in [3.8, 4) is 0 Å². The molecule has 31 heavy (non-hydrogen) atoms. The second kappa shape index (κ2) is 10.8. The number of amides is 1. The molecule has 4 rings (SSSR count). The summed E-state index contributed by atoms with van der Waals surface area (Å²) in [5.74, 6) is 2.02. The number of carbonyl (C=O) groups excluding carboxylic acids is 1. The summed E-state index contributed by atoms with van der Waals surface area (Å²) >= 11 is 1.87. The third-order valence-electron chi connectivity index (χ3n) is 7.04. The first kappa shape index (κ1) is 22.6. The predicted octanol–water partition coefficient (Wildman–Crippen LogP) is 2.28. The number of ether oxygens (including phenoxy) is 1. The normalized spacial score (nSPS) is 26.8. The highest BCUT2D eigenvalue weighted by atomic mass is 32.1. The van der Waals surface area contributed by atoms with Crippen LogP contribution in [0.5, 0.6) is 0 Å². The van der Waals surface area contributed by atoms with Gasteiger partial charge in [0.15, 0.2) is 5.96 Å². The number of piperidine rings is 2. The Bertz CT molecular complexity index is 726. The average Bonchev–Trinajstić information content (AvgIpc) is 3.34. The Morgan fingerprint density at radius 1 is 1.16 bits per heavy atom. The Morgan fingerprint density at radius 2 is 1.94 bits per heavy atom. The van der Waals surface area contributed by atoms with Crippen molar-refractivity contribution < 1.29 is 9.53 Å². The van der Waals surface area contributed by atoms with Crippen molar-refractivity contribution in [2.45, 2.75) is 31.7 Å². The third kappa shape index (κ3) is 5.41. The van der Waals surface area contributed by atoms with E-state index in [0.29, 0.717) is 31.1 Å². The summed E-state index contributed by atoms with van der Waals surface area (Å²) in [6, 6.07) is 4.92. The van der Waals surface area contributed by atoms with Crippen LogP contribution in [-0.2, 0) is 9.53 Å². The zero-order chi connectivity index (χ0) is 21.6. The molecule has 0 radical (unpaired) electrons. The molecule has 3 saturated heterocycles. The fourth-order valence-corrected chi connectivity index (χ4v) is 6.30. The van der Waals surface area contributed by atoms with Crippen molar-refractivity contribution in [1.29, 1.82) is 0 Å². The highest BCUT2D eigenvalue weighted by molar-refractivity contribution is 7.10. The molecule has 8 heteroatoms. The first-order valence-corrected chi connectivity index (χ1v) is 12.6. The summed E-state index contributed by atoms with van der Waals surface area (Å²) in [5, 5.41) is 5.85. The highest BCUT2D eigenvalue weighted by Gasteiger charge is 2.33. The van der Waals surface area contributed by atoms with Gasteiger partial charge in [0.25, 0.3) is 0 Å². The fraction of sp³-hybridized carbons (Fsp3) is 0.739. The lowest BCUT2D eigenvalue weighted by Gasteiger charge is -2.40. The van der Waals surface area contributed by atoms with Crippen LogP contribution in [-0.4, -0.2) is 93.1 Å². The molecule has 4 heterocycles.